The maximum Gasteiger partial charge on any atom is 0.465 e. The van der Waals surface area contributed by atoms with Crippen molar-refractivity contribution < 1.29 is 71.5 Å². The van der Waals surface area contributed by atoms with Crippen LogP contribution in [-0.4, -0.2) is 60.9 Å². The Kier molecular flexibility index (Phi) is 7.78. The number of ether oxygens (including phenoxy) is 2. The van der Waals surface area contributed by atoms with Crippen molar-refractivity contribution in [1.29, 1.82) is 0 Å². The summed E-state index contributed by atoms with van der Waals surface area (Å²) in [6.07, 6.45) is -12.8. The highest BCUT2D eigenvalue weighted by Gasteiger charge is 2.73. The normalized spacial score (nSPS) is 14.9. The van der Waals surface area contributed by atoms with Crippen molar-refractivity contribution >= 4 is 22.1 Å². The molecule has 0 amide bonds. The Labute approximate surface area is 156 Å². The molecule has 170 valence electrons. The summed E-state index contributed by atoms with van der Waals surface area (Å²) >= 11 is 0. The molecule has 1 unspecified atom stereocenters. The summed E-state index contributed by atoms with van der Waals surface area (Å²) in [5.74, 6) is -17.6. The third kappa shape index (κ3) is 6.22. The maximum absolute atomic E-state index is 13.4. The highest BCUT2D eigenvalue weighted by atomic mass is 32.2. The molecule has 0 fully saturated rings. The Hall–Kier alpha value is -2.04. The highest BCUT2D eigenvalue weighted by Crippen LogP contribution is 2.48. The summed E-state index contributed by atoms with van der Waals surface area (Å²) in [6, 6.07) is 0. The molecule has 0 aliphatic heterocycles. The predicted octanol–water partition coefficient (Wildman–Crippen LogP) is 2.72. The van der Waals surface area contributed by atoms with E-state index in [-0.39, 0.29) is 0 Å². The number of carbonyl (C=O) groups is 2. The summed E-state index contributed by atoms with van der Waals surface area (Å²) in [4.78, 5) is 22.3. The van der Waals surface area contributed by atoms with Gasteiger partial charge in [0.15, 0.2) is 0 Å². The zero-order valence-electron chi connectivity index (χ0n) is 13.9. The summed E-state index contributed by atoms with van der Waals surface area (Å²) < 4.78 is 152. The molecule has 1 atom stereocenters. The fourth-order valence-corrected chi connectivity index (χ4v) is 1.63. The third-order valence-corrected chi connectivity index (χ3v) is 3.70. The maximum atomic E-state index is 13.4. The Bertz CT molecular complexity index is 758. The van der Waals surface area contributed by atoms with Crippen molar-refractivity contribution in [3.63, 3.8) is 0 Å². The van der Waals surface area contributed by atoms with Crippen molar-refractivity contribution in [3.05, 3.63) is 12.2 Å². The van der Waals surface area contributed by atoms with Crippen LogP contribution in [0.25, 0.3) is 0 Å². The number of esters is 2. The van der Waals surface area contributed by atoms with Crippen molar-refractivity contribution in [2.24, 2.45) is 0 Å². The zero-order valence-corrected chi connectivity index (χ0v) is 14.7. The van der Waals surface area contributed by atoms with Crippen LogP contribution in [0.5, 0.6) is 0 Å². The van der Waals surface area contributed by atoms with Gasteiger partial charge in [-0.2, -0.15) is 47.9 Å². The average Bonchev–Trinajstić information content (AvgIpc) is 2.49. The van der Waals surface area contributed by atoms with Gasteiger partial charge in [-0.15, -0.1) is 0 Å². The summed E-state index contributed by atoms with van der Waals surface area (Å²) in [5, 5.41) is -5.80. The van der Waals surface area contributed by atoms with Gasteiger partial charge >= 0.3 is 45.3 Å². The molecule has 0 aromatic rings. The van der Waals surface area contributed by atoms with Crippen LogP contribution < -0.4 is 0 Å². The fraction of sp³-hybridized carbons (Fsp3) is 0.667. The van der Waals surface area contributed by atoms with Crippen LogP contribution in [0, 0.1) is 0 Å². The van der Waals surface area contributed by atoms with E-state index >= 15 is 0 Å². The van der Waals surface area contributed by atoms with Crippen molar-refractivity contribution in [2.75, 3.05) is 6.61 Å². The Morgan fingerprint density at radius 2 is 1.48 bits per heavy atom. The highest BCUT2D eigenvalue weighted by molar-refractivity contribution is 7.87. The first kappa shape index (κ1) is 27.0. The number of hydrogen-bond acceptors (Lipinski definition) is 6. The second kappa shape index (κ2) is 8.37. The van der Waals surface area contributed by atoms with Crippen molar-refractivity contribution in [1.82, 2.24) is 0 Å². The van der Waals surface area contributed by atoms with E-state index in [1.807, 2.05) is 0 Å². The van der Waals surface area contributed by atoms with Gasteiger partial charge < -0.3 is 9.47 Å². The molecule has 0 aromatic carbocycles. The second-order valence-electron chi connectivity index (χ2n) is 5.38. The van der Waals surface area contributed by atoms with Gasteiger partial charge in [-0.3, -0.25) is 4.55 Å². The number of carbonyl (C=O) groups excluding carboxylic acids is 2. The zero-order chi connectivity index (χ0) is 23.6. The largest absolute Gasteiger partial charge is 0.465 e. The van der Waals surface area contributed by atoms with Crippen LogP contribution in [-0.2, 0) is 29.2 Å². The smallest absolute Gasteiger partial charge is 0.458 e. The molecule has 7 nitrogen and oxygen atoms in total. The van der Waals surface area contributed by atoms with Gasteiger partial charge in [0.05, 0.1) is 6.42 Å². The molecule has 29 heavy (non-hydrogen) atoms. The Morgan fingerprint density at radius 3 is 1.83 bits per heavy atom. The molecule has 0 aliphatic rings. The lowest BCUT2D eigenvalue weighted by atomic mass is 10.0. The molecule has 0 radical (unpaired) electrons. The molecule has 0 aromatic heterocycles. The molecule has 17 heteroatoms. The number of halogens is 9. The number of hydrogen-bond donors (Lipinski definition) is 1. The topological polar surface area (TPSA) is 107 Å². The van der Waals surface area contributed by atoms with Gasteiger partial charge in [0, 0.05) is 5.57 Å². The van der Waals surface area contributed by atoms with Crippen LogP contribution in [0.4, 0.5) is 39.5 Å². The van der Waals surface area contributed by atoms with Crippen LogP contribution >= 0.6 is 0 Å². The minimum atomic E-state index is -6.82. The van der Waals surface area contributed by atoms with E-state index in [4.69, 9.17) is 4.55 Å². The van der Waals surface area contributed by atoms with E-state index in [2.05, 4.69) is 16.1 Å². The lowest BCUT2D eigenvalue weighted by Crippen LogP contribution is -2.54. The predicted molar refractivity (Wildman–Crippen MR) is 72.7 cm³/mol. The van der Waals surface area contributed by atoms with Gasteiger partial charge in [0.1, 0.15) is 12.7 Å². The monoisotopic (exact) mass is 470 g/mol. The molecular weight excluding hydrogens is 459 g/mol. The van der Waals surface area contributed by atoms with E-state index < -0.39 is 70.0 Å². The van der Waals surface area contributed by atoms with Crippen LogP contribution in [0.2, 0.25) is 0 Å². The SMILES string of the molecule is C=C(C)C(=O)OCC(CC(F)(F)C(F)(F)C(F)(F)F)OC(=O)C(F)(F)S(=O)(=O)O. The number of rotatable bonds is 9. The molecule has 0 saturated heterocycles. The molecule has 0 saturated carbocycles. The van der Waals surface area contributed by atoms with Crippen molar-refractivity contribution in [3.8, 4) is 0 Å². The number of alkyl halides is 9. The first-order valence-electron chi connectivity index (χ1n) is 6.79. The van der Waals surface area contributed by atoms with Crippen LogP contribution in [0.1, 0.15) is 13.3 Å². The standard InChI is InChI=1S/C12H11F9O7S/c1-5(2)7(22)27-4-6(28-8(23)10(15,16)29(24,25)26)3-9(13,14)11(17,18)12(19,20)21/h6H,1,3-4H2,2H3,(H,24,25,26). The first-order valence-corrected chi connectivity index (χ1v) is 8.23. The molecule has 0 rings (SSSR count). The average molecular weight is 470 g/mol. The van der Waals surface area contributed by atoms with Gasteiger partial charge in [0.2, 0.25) is 0 Å². The fourth-order valence-electron chi connectivity index (χ4n) is 1.37. The quantitative estimate of drug-likeness (QED) is 0.239. The molecular formula is C12H11F9O7S. The minimum Gasteiger partial charge on any atom is -0.458 e. The summed E-state index contributed by atoms with van der Waals surface area (Å²) in [5.41, 5.74) is -0.467. The summed E-state index contributed by atoms with van der Waals surface area (Å²) in [6.45, 7) is 2.18. The summed E-state index contributed by atoms with van der Waals surface area (Å²) in [7, 11) is -6.53. The lowest BCUT2D eigenvalue weighted by Gasteiger charge is -2.30. The molecule has 0 bridgehead atoms. The van der Waals surface area contributed by atoms with Crippen LogP contribution in [0.15, 0.2) is 12.2 Å². The van der Waals surface area contributed by atoms with Gasteiger partial charge in [-0.1, -0.05) is 6.58 Å². The van der Waals surface area contributed by atoms with Gasteiger partial charge in [0.25, 0.3) is 0 Å². The minimum absolute atomic E-state index is 0.467. The Balaban J connectivity index is 5.81. The molecule has 0 aliphatic carbocycles. The van der Waals surface area contributed by atoms with Crippen molar-refractivity contribution in [2.45, 2.75) is 42.7 Å². The van der Waals surface area contributed by atoms with Gasteiger partial charge in [-0.25, -0.2) is 9.59 Å². The van der Waals surface area contributed by atoms with Crippen LogP contribution in [0.3, 0.4) is 0 Å². The van der Waals surface area contributed by atoms with E-state index in [9.17, 15) is 57.5 Å². The van der Waals surface area contributed by atoms with E-state index in [0.29, 0.717) is 0 Å². The van der Waals surface area contributed by atoms with E-state index in [1.54, 1.807) is 0 Å². The third-order valence-electron chi connectivity index (χ3n) is 2.88. The molecule has 0 spiro atoms. The second-order valence-corrected chi connectivity index (χ2v) is 6.84. The first-order chi connectivity index (χ1) is 12.6. The molecule has 1 N–H and O–H groups in total. The molecule has 0 heterocycles. The van der Waals surface area contributed by atoms with Gasteiger partial charge in [-0.05, 0) is 6.92 Å². The Morgan fingerprint density at radius 1 is 1.03 bits per heavy atom. The lowest BCUT2D eigenvalue weighted by molar-refractivity contribution is -0.358. The van der Waals surface area contributed by atoms with E-state index in [0.717, 1.165) is 6.92 Å². The van der Waals surface area contributed by atoms with E-state index in [1.165, 1.54) is 0 Å².